The minimum Gasteiger partial charge on any atom is -0.338 e. The van der Waals surface area contributed by atoms with Gasteiger partial charge in [0.2, 0.25) is 5.91 Å². The summed E-state index contributed by atoms with van der Waals surface area (Å²) >= 11 is 0. The van der Waals surface area contributed by atoms with Crippen LogP contribution >= 0.6 is 0 Å². The third kappa shape index (κ3) is 2.06. The minimum atomic E-state index is -0.464. The van der Waals surface area contributed by atoms with E-state index in [4.69, 9.17) is 5.26 Å². The maximum Gasteiger partial charge on any atom is 0.239 e. The van der Waals surface area contributed by atoms with E-state index in [0.717, 1.165) is 25.3 Å². The summed E-state index contributed by atoms with van der Waals surface area (Å²) in [5.74, 6) is 0.307. The molecule has 76 valence electrons. The van der Waals surface area contributed by atoms with E-state index in [9.17, 15) is 4.79 Å². The number of amides is 1. The molecule has 0 aromatic carbocycles. The summed E-state index contributed by atoms with van der Waals surface area (Å²) < 4.78 is 0. The number of nitriles is 1. The highest BCUT2D eigenvalue weighted by Crippen LogP contribution is 2.35. The van der Waals surface area contributed by atoms with Gasteiger partial charge in [-0.25, -0.2) is 0 Å². The minimum absolute atomic E-state index is 0.0434. The van der Waals surface area contributed by atoms with Crippen LogP contribution in [0.5, 0.6) is 0 Å². The SMILES string of the molecule is CC(C#N)C(=O)N(CC1CC1)C1CC1. The molecule has 2 saturated carbocycles. The molecule has 2 aliphatic rings. The Kier molecular flexibility index (Phi) is 2.45. The third-order valence-electron chi connectivity index (χ3n) is 2.99. The van der Waals surface area contributed by atoms with Crippen molar-refractivity contribution in [2.24, 2.45) is 11.8 Å². The normalized spacial score (nSPS) is 22.6. The van der Waals surface area contributed by atoms with Gasteiger partial charge in [-0.1, -0.05) is 0 Å². The highest BCUT2D eigenvalue weighted by atomic mass is 16.2. The van der Waals surface area contributed by atoms with Gasteiger partial charge in [0, 0.05) is 12.6 Å². The molecule has 0 spiro atoms. The lowest BCUT2D eigenvalue weighted by atomic mass is 10.1. The molecule has 3 heteroatoms. The first kappa shape index (κ1) is 9.51. The average Bonchev–Trinajstić information content (AvgIpc) is 3.02. The van der Waals surface area contributed by atoms with E-state index >= 15 is 0 Å². The molecule has 2 rings (SSSR count). The van der Waals surface area contributed by atoms with Crippen LogP contribution in [0.4, 0.5) is 0 Å². The highest BCUT2D eigenvalue weighted by molar-refractivity contribution is 5.81. The van der Waals surface area contributed by atoms with E-state index in [1.54, 1.807) is 6.92 Å². The molecule has 1 unspecified atom stereocenters. The number of rotatable bonds is 4. The maximum atomic E-state index is 11.8. The number of carbonyl (C=O) groups is 1. The topological polar surface area (TPSA) is 44.1 Å². The Morgan fingerprint density at radius 2 is 2.14 bits per heavy atom. The van der Waals surface area contributed by atoms with Crippen LogP contribution in [-0.2, 0) is 4.79 Å². The summed E-state index contributed by atoms with van der Waals surface area (Å²) in [7, 11) is 0. The summed E-state index contributed by atoms with van der Waals surface area (Å²) in [6, 6.07) is 2.49. The van der Waals surface area contributed by atoms with E-state index in [1.807, 2.05) is 11.0 Å². The molecular weight excluding hydrogens is 176 g/mol. The Labute approximate surface area is 84.7 Å². The van der Waals surface area contributed by atoms with Crippen molar-refractivity contribution in [3.63, 3.8) is 0 Å². The first-order valence-corrected chi connectivity index (χ1v) is 5.42. The van der Waals surface area contributed by atoms with Crippen molar-refractivity contribution in [3.8, 4) is 6.07 Å². The second kappa shape index (κ2) is 3.61. The fraction of sp³-hybridized carbons (Fsp3) is 0.818. The fourth-order valence-electron chi connectivity index (χ4n) is 1.69. The van der Waals surface area contributed by atoms with E-state index < -0.39 is 5.92 Å². The van der Waals surface area contributed by atoms with Crippen LogP contribution < -0.4 is 0 Å². The van der Waals surface area contributed by atoms with Crippen LogP contribution in [-0.4, -0.2) is 23.4 Å². The third-order valence-corrected chi connectivity index (χ3v) is 2.99. The van der Waals surface area contributed by atoms with Crippen molar-refractivity contribution in [3.05, 3.63) is 0 Å². The lowest BCUT2D eigenvalue weighted by Crippen LogP contribution is -2.38. The monoisotopic (exact) mass is 192 g/mol. The molecule has 1 atom stereocenters. The van der Waals surface area contributed by atoms with Gasteiger partial charge in [-0.2, -0.15) is 5.26 Å². The molecule has 2 fully saturated rings. The fourth-order valence-corrected chi connectivity index (χ4v) is 1.69. The van der Waals surface area contributed by atoms with Crippen molar-refractivity contribution in [2.75, 3.05) is 6.54 Å². The Bertz CT molecular complexity index is 274. The molecule has 3 nitrogen and oxygen atoms in total. The average molecular weight is 192 g/mol. The molecule has 0 N–H and O–H groups in total. The number of hydrogen-bond donors (Lipinski definition) is 0. The molecule has 0 saturated heterocycles. The van der Waals surface area contributed by atoms with Crippen LogP contribution in [0, 0.1) is 23.2 Å². The molecular formula is C11H16N2O. The zero-order valence-corrected chi connectivity index (χ0v) is 8.57. The van der Waals surface area contributed by atoms with Gasteiger partial charge >= 0.3 is 0 Å². The molecule has 2 aliphatic carbocycles. The lowest BCUT2D eigenvalue weighted by molar-refractivity contribution is -0.134. The van der Waals surface area contributed by atoms with Crippen LogP contribution in [0.1, 0.15) is 32.6 Å². The first-order chi connectivity index (χ1) is 6.72. The predicted molar refractivity (Wildman–Crippen MR) is 52.2 cm³/mol. The van der Waals surface area contributed by atoms with Crippen molar-refractivity contribution < 1.29 is 4.79 Å². The van der Waals surface area contributed by atoms with Crippen molar-refractivity contribution in [1.29, 1.82) is 5.26 Å². The Morgan fingerprint density at radius 1 is 1.50 bits per heavy atom. The quantitative estimate of drug-likeness (QED) is 0.678. The van der Waals surface area contributed by atoms with E-state index in [-0.39, 0.29) is 5.91 Å². The summed E-state index contributed by atoms with van der Waals surface area (Å²) in [5.41, 5.74) is 0. The van der Waals surface area contributed by atoms with Crippen LogP contribution in [0.25, 0.3) is 0 Å². The largest absolute Gasteiger partial charge is 0.338 e. The Morgan fingerprint density at radius 3 is 2.57 bits per heavy atom. The van der Waals surface area contributed by atoms with Gasteiger partial charge in [0.15, 0.2) is 0 Å². The Hall–Kier alpha value is -1.04. The summed E-state index contributed by atoms with van der Waals surface area (Å²) in [6.07, 6.45) is 4.79. The maximum absolute atomic E-state index is 11.8. The van der Waals surface area contributed by atoms with Crippen LogP contribution in [0.15, 0.2) is 0 Å². The second-order valence-electron chi connectivity index (χ2n) is 4.52. The first-order valence-electron chi connectivity index (χ1n) is 5.42. The Balaban J connectivity index is 1.94. The predicted octanol–water partition coefficient (Wildman–Crippen LogP) is 1.55. The van der Waals surface area contributed by atoms with Crippen LogP contribution in [0.2, 0.25) is 0 Å². The van der Waals surface area contributed by atoms with E-state index in [2.05, 4.69) is 0 Å². The van der Waals surface area contributed by atoms with Gasteiger partial charge in [0.05, 0.1) is 6.07 Å². The van der Waals surface area contributed by atoms with E-state index in [0.29, 0.717) is 6.04 Å². The van der Waals surface area contributed by atoms with Gasteiger partial charge in [-0.3, -0.25) is 4.79 Å². The highest BCUT2D eigenvalue weighted by Gasteiger charge is 2.37. The summed E-state index contributed by atoms with van der Waals surface area (Å²) in [5, 5.41) is 8.71. The van der Waals surface area contributed by atoms with E-state index in [1.165, 1.54) is 12.8 Å². The molecule has 0 aliphatic heterocycles. The lowest BCUT2D eigenvalue weighted by Gasteiger charge is -2.23. The molecule has 0 heterocycles. The molecule has 0 aromatic rings. The smallest absolute Gasteiger partial charge is 0.239 e. The zero-order chi connectivity index (χ0) is 10.1. The summed E-state index contributed by atoms with van der Waals surface area (Å²) in [6.45, 7) is 2.60. The standard InChI is InChI=1S/C11H16N2O/c1-8(6-12)11(14)13(10-4-5-10)7-9-2-3-9/h8-10H,2-5,7H2,1H3. The van der Waals surface area contributed by atoms with Gasteiger partial charge in [0.1, 0.15) is 5.92 Å². The molecule has 14 heavy (non-hydrogen) atoms. The van der Waals surface area contributed by atoms with Gasteiger partial charge in [-0.15, -0.1) is 0 Å². The molecule has 0 radical (unpaired) electrons. The second-order valence-corrected chi connectivity index (χ2v) is 4.52. The van der Waals surface area contributed by atoms with Crippen molar-refractivity contribution in [2.45, 2.75) is 38.6 Å². The molecule has 1 amide bonds. The van der Waals surface area contributed by atoms with Gasteiger partial charge in [0.25, 0.3) is 0 Å². The number of carbonyl (C=O) groups excluding carboxylic acids is 1. The number of hydrogen-bond acceptors (Lipinski definition) is 2. The zero-order valence-electron chi connectivity index (χ0n) is 8.57. The summed E-state index contributed by atoms with van der Waals surface area (Å²) in [4.78, 5) is 13.8. The van der Waals surface area contributed by atoms with Crippen molar-refractivity contribution >= 4 is 5.91 Å². The van der Waals surface area contributed by atoms with Crippen LogP contribution in [0.3, 0.4) is 0 Å². The molecule has 0 aromatic heterocycles. The van der Waals surface area contributed by atoms with Gasteiger partial charge < -0.3 is 4.90 Å². The molecule has 0 bridgehead atoms. The van der Waals surface area contributed by atoms with Gasteiger partial charge in [-0.05, 0) is 38.5 Å². The van der Waals surface area contributed by atoms with Crippen molar-refractivity contribution in [1.82, 2.24) is 4.90 Å². The number of nitrogens with zero attached hydrogens (tertiary/aromatic N) is 2.